The molecule has 2 aliphatic rings. The predicted molar refractivity (Wildman–Crippen MR) is 142 cm³/mol. The Hall–Kier alpha value is -3.05. The average Bonchev–Trinajstić information content (AvgIpc) is 3.40. The van der Waals surface area contributed by atoms with Gasteiger partial charge in [0, 0.05) is 25.7 Å². The van der Waals surface area contributed by atoms with Crippen molar-refractivity contribution in [2.75, 3.05) is 13.7 Å². The van der Waals surface area contributed by atoms with Crippen molar-refractivity contribution in [1.29, 1.82) is 0 Å². The summed E-state index contributed by atoms with van der Waals surface area (Å²) < 4.78 is 11.6. The van der Waals surface area contributed by atoms with Crippen molar-refractivity contribution in [3.63, 3.8) is 0 Å². The van der Waals surface area contributed by atoms with Crippen molar-refractivity contribution >= 4 is 5.91 Å². The van der Waals surface area contributed by atoms with E-state index in [0.717, 1.165) is 44.0 Å². The Morgan fingerprint density at radius 1 is 0.972 bits per heavy atom. The van der Waals surface area contributed by atoms with E-state index in [2.05, 4.69) is 67.0 Å². The van der Waals surface area contributed by atoms with Gasteiger partial charge >= 0.3 is 0 Å². The summed E-state index contributed by atoms with van der Waals surface area (Å²) in [6.07, 6.45) is 3.33. The molecule has 190 valence electrons. The van der Waals surface area contributed by atoms with Gasteiger partial charge in [0.05, 0.1) is 13.7 Å². The average molecular weight is 487 g/mol. The second-order valence-electron chi connectivity index (χ2n) is 11.9. The monoisotopic (exact) mass is 486 g/mol. The van der Waals surface area contributed by atoms with Gasteiger partial charge in [-0.15, -0.1) is 0 Å². The number of hydrogen-bond acceptors (Lipinski definition) is 4. The molecule has 5 heteroatoms. The lowest BCUT2D eigenvalue weighted by atomic mass is 9.65. The summed E-state index contributed by atoms with van der Waals surface area (Å²) in [4.78, 5) is 17.9. The van der Waals surface area contributed by atoms with E-state index in [1.165, 1.54) is 17.5 Å². The molecule has 2 unspecified atom stereocenters. The highest BCUT2D eigenvalue weighted by Gasteiger charge is 2.51. The molecule has 0 spiro atoms. The first-order valence-corrected chi connectivity index (χ1v) is 13.0. The van der Waals surface area contributed by atoms with E-state index in [4.69, 9.17) is 9.15 Å². The Balaban J connectivity index is 1.32. The van der Waals surface area contributed by atoms with Crippen LogP contribution in [0.4, 0.5) is 0 Å². The van der Waals surface area contributed by atoms with Crippen LogP contribution in [0.15, 0.2) is 71.1 Å². The van der Waals surface area contributed by atoms with Crippen LogP contribution >= 0.6 is 0 Å². The molecule has 1 amide bonds. The molecule has 1 saturated heterocycles. The maximum atomic E-state index is 13.5. The molecule has 3 aromatic rings. The molecule has 5 nitrogen and oxygen atoms in total. The lowest BCUT2D eigenvalue weighted by Gasteiger charge is -2.39. The van der Waals surface area contributed by atoms with Crippen LogP contribution in [0, 0.1) is 10.8 Å². The minimum absolute atomic E-state index is 0.0371. The summed E-state index contributed by atoms with van der Waals surface area (Å²) in [5, 5.41) is 0. The van der Waals surface area contributed by atoms with Crippen LogP contribution in [0.1, 0.15) is 67.5 Å². The second kappa shape index (κ2) is 9.78. The van der Waals surface area contributed by atoms with Crippen LogP contribution < -0.4 is 4.74 Å². The number of ether oxygens (including phenoxy) is 1. The summed E-state index contributed by atoms with van der Waals surface area (Å²) in [5.41, 5.74) is 2.90. The highest BCUT2D eigenvalue weighted by atomic mass is 16.5. The number of fused-ring (bicyclic) bond motifs is 2. The minimum Gasteiger partial charge on any atom is -0.497 e. The van der Waals surface area contributed by atoms with E-state index in [0.29, 0.717) is 18.3 Å². The van der Waals surface area contributed by atoms with E-state index >= 15 is 0 Å². The van der Waals surface area contributed by atoms with Gasteiger partial charge in [-0.2, -0.15) is 0 Å². The SMILES string of the molecule is COc1cccc(CN(Cc2ccccc2)Cc2ccc(C(=O)N3CC4(C)CC3CC(C)(C)C4)o2)c1. The van der Waals surface area contributed by atoms with Crippen LogP contribution in [0.25, 0.3) is 0 Å². The van der Waals surface area contributed by atoms with E-state index in [1.807, 2.05) is 30.3 Å². The fourth-order valence-electron chi connectivity index (χ4n) is 6.68. The first-order chi connectivity index (χ1) is 17.2. The maximum Gasteiger partial charge on any atom is 0.289 e. The van der Waals surface area contributed by atoms with Crippen molar-refractivity contribution in [2.45, 2.75) is 65.7 Å². The van der Waals surface area contributed by atoms with Crippen LogP contribution in [-0.4, -0.2) is 35.4 Å². The predicted octanol–water partition coefficient (Wildman–Crippen LogP) is 6.53. The van der Waals surface area contributed by atoms with Gasteiger partial charge in [0.15, 0.2) is 5.76 Å². The van der Waals surface area contributed by atoms with Crippen molar-refractivity contribution in [3.8, 4) is 5.75 Å². The number of methoxy groups -OCH3 is 1. The fourth-order valence-corrected chi connectivity index (χ4v) is 6.68. The van der Waals surface area contributed by atoms with E-state index in [9.17, 15) is 4.79 Å². The molecule has 1 saturated carbocycles. The van der Waals surface area contributed by atoms with Crippen molar-refractivity contribution in [1.82, 2.24) is 9.80 Å². The van der Waals surface area contributed by atoms with Crippen LogP contribution in [-0.2, 0) is 19.6 Å². The van der Waals surface area contributed by atoms with Crippen LogP contribution in [0.3, 0.4) is 0 Å². The molecule has 36 heavy (non-hydrogen) atoms. The topological polar surface area (TPSA) is 45.9 Å². The van der Waals surface area contributed by atoms with E-state index in [-0.39, 0.29) is 16.7 Å². The molecule has 5 rings (SSSR count). The quantitative estimate of drug-likeness (QED) is 0.363. The zero-order valence-corrected chi connectivity index (χ0v) is 22.0. The zero-order chi connectivity index (χ0) is 25.3. The highest BCUT2D eigenvalue weighted by molar-refractivity contribution is 5.92. The lowest BCUT2D eigenvalue weighted by molar-refractivity contribution is 0.0672. The van der Waals surface area contributed by atoms with Crippen LogP contribution in [0.2, 0.25) is 0 Å². The number of furan rings is 1. The van der Waals surface area contributed by atoms with Gasteiger partial charge < -0.3 is 14.1 Å². The van der Waals surface area contributed by atoms with Gasteiger partial charge in [-0.3, -0.25) is 9.69 Å². The number of hydrogen-bond donors (Lipinski definition) is 0. The Labute approximate surface area is 215 Å². The number of likely N-dealkylation sites (tertiary alicyclic amines) is 1. The van der Waals surface area contributed by atoms with Gasteiger partial charge in [0.2, 0.25) is 0 Å². The van der Waals surface area contributed by atoms with Crippen molar-refractivity contribution < 1.29 is 13.9 Å². The van der Waals surface area contributed by atoms with Crippen molar-refractivity contribution in [2.24, 2.45) is 10.8 Å². The Bertz CT molecular complexity index is 1200. The number of amides is 1. The fraction of sp³-hybridized carbons (Fsp3) is 0.452. The summed E-state index contributed by atoms with van der Waals surface area (Å²) >= 11 is 0. The maximum absolute atomic E-state index is 13.5. The molecule has 2 atom stereocenters. The Morgan fingerprint density at radius 2 is 1.72 bits per heavy atom. The van der Waals surface area contributed by atoms with Gasteiger partial charge in [-0.05, 0) is 65.5 Å². The van der Waals surface area contributed by atoms with E-state index < -0.39 is 0 Å². The first-order valence-electron chi connectivity index (χ1n) is 13.0. The minimum atomic E-state index is 0.0371. The van der Waals surface area contributed by atoms with Gasteiger partial charge in [0.1, 0.15) is 11.5 Å². The number of benzene rings is 2. The third kappa shape index (κ3) is 5.52. The van der Waals surface area contributed by atoms with Gasteiger partial charge in [-0.1, -0.05) is 63.2 Å². The van der Waals surface area contributed by atoms with Crippen molar-refractivity contribution in [3.05, 3.63) is 89.4 Å². The zero-order valence-electron chi connectivity index (χ0n) is 22.0. The molecule has 2 heterocycles. The summed E-state index contributed by atoms with van der Waals surface area (Å²) in [7, 11) is 1.69. The molecule has 1 aromatic heterocycles. The number of carbonyl (C=O) groups excluding carboxylic acids is 1. The lowest BCUT2D eigenvalue weighted by Crippen LogP contribution is -2.37. The second-order valence-corrected chi connectivity index (χ2v) is 11.9. The molecule has 2 aromatic carbocycles. The highest BCUT2D eigenvalue weighted by Crippen LogP contribution is 2.52. The largest absolute Gasteiger partial charge is 0.497 e. The standard InChI is InChI=1S/C31H38N2O3/c1-30(2)16-25-17-31(3,21-30)22-33(25)29(34)28-14-13-27(36-28)20-32(18-23-9-6-5-7-10-23)19-24-11-8-12-26(15-24)35-4/h5-15,25H,16-22H2,1-4H3. The number of rotatable bonds is 8. The molecule has 1 aliphatic heterocycles. The normalized spacial score (nSPS) is 22.7. The molecular formula is C31H38N2O3. The Kier molecular flexibility index (Phi) is 6.69. The third-order valence-corrected chi connectivity index (χ3v) is 7.72. The number of carbonyl (C=O) groups is 1. The first kappa shape index (κ1) is 24.6. The molecule has 2 fully saturated rings. The molecule has 1 aliphatic carbocycles. The molecule has 0 N–H and O–H groups in total. The number of nitrogens with zero attached hydrogens (tertiary/aromatic N) is 2. The molecule has 2 bridgehead atoms. The van der Waals surface area contributed by atoms with E-state index in [1.54, 1.807) is 7.11 Å². The molecule has 0 radical (unpaired) electrons. The Morgan fingerprint density at radius 3 is 2.50 bits per heavy atom. The summed E-state index contributed by atoms with van der Waals surface area (Å²) in [6, 6.07) is 22.8. The summed E-state index contributed by atoms with van der Waals surface area (Å²) in [6.45, 7) is 9.97. The van der Waals surface area contributed by atoms with Crippen LogP contribution in [0.5, 0.6) is 5.75 Å². The summed E-state index contributed by atoms with van der Waals surface area (Å²) in [5.74, 6) is 2.16. The smallest absolute Gasteiger partial charge is 0.289 e. The van der Waals surface area contributed by atoms with Gasteiger partial charge in [0.25, 0.3) is 5.91 Å². The third-order valence-electron chi connectivity index (χ3n) is 7.72. The molecular weight excluding hydrogens is 448 g/mol. The van der Waals surface area contributed by atoms with Gasteiger partial charge in [-0.25, -0.2) is 0 Å².